The molecule has 1 atom stereocenters. The maximum absolute atomic E-state index is 13.3. The van der Waals surface area contributed by atoms with Crippen LogP contribution in [0.2, 0.25) is 0 Å². The zero-order valence-corrected chi connectivity index (χ0v) is 13.9. The molecule has 0 amide bonds. The van der Waals surface area contributed by atoms with Gasteiger partial charge in [0.15, 0.2) is 21.5 Å². The van der Waals surface area contributed by atoms with Gasteiger partial charge in [0.2, 0.25) is 0 Å². The van der Waals surface area contributed by atoms with Crippen LogP contribution >= 0.6 is 0 Å². The highest BCUT2D eigenvalue weighted by Gasteiger charge is 2.61. The first-order valence-corrected chi connectivity index (χ1v) is 9.49. The van der Waals surface area contributed by atoms with Crippen LogP contribution in [0.1, 0.15) is 18.9 Å². The quantitative estimate of drug-likeness (QED) is 0.819. The van der Waals surface area contributed by atoms with Crippen LogP contribution in [0.5, 0.6) is 0 Å². The Bertz CT molecular complexity index is 687. The van der Waals surface area contributed by atoms with Crippen molar-refractivity contribution in [3.63, 3.8) is 0 Å². The minimum Gasteiger partial charge on any atom is -0.381 e. The van der Waals surface area contributed by atoms with Crippen molar-refractivity contribution in [2.24, 2.45) is 5.92 Å². The van der Waals surface area contributed by atoms with E-state index in [0.717, 1.165) is 6.07 Å². The van der Waals surface area contributed by atoms with Crippen molar-refractivity contribution in [2.45, 2.75) is 24.6 Å². The van der Waals surface area contributed by atoms with Crippen LogP contribution in [0.3, 0.4) is 0 Å². The SMILES string of the molecule is CCOC[C@@H]1CCS(=O)(=O)C12CN(Cc1ccc(F)c(F)c1)C2. The number of sulfone groups is 1. The number of halogens is 2. The zero-order valence-electron chi connectivity index (χ0n) is 13.1. The molecule has 2 saturated heterocycles. The van der Waals surface area contributed by atoms with Gasteiger partial charge in [-0.3, -0.25) is 4.90 Å². The van der Waals surface area contributed by atoms with Crippen molar-refractivity contribution in [1.82, 2.24) is 4.90 Å². The molecule has 1 aromatic carbocycles. The molecule has 23 heavy (non-hydrogen) atoms. The van der Waals surface area contributed by atoms with Crippen LogP contribution in [-0.2, 0) is 21.1 Å². The van der Waals surface area contributed by atoms with Gasteiger partial charge in [-0.05, 0) is 31.0 Å². The molecule has 0 bridgehead atoms. The van der Waals surface area contributed by atoms with E-state index in [2.05, 4.69) is 0 Å². The highest BCUT2D eigenvalue weighted by molar-refractivity contribution is 7.93. The Morgan fingerprint density at radius 1 is 1.30 bits per heavy atom. The van der Waals surface area contributed by atoms with E-state index in [1.54, 1.807) is 0 Å². The predicted molar refractivity (Wildman–Crippen MR) is 82.8 cm³/mol. The lowest BCUT2D eigenvalue weighted by atomic mass is 9.83. The van der Waals surface area contributed by atoms with E-state index in [1.165, 1.54) is 12.1 Å². The molecule has 7 heteroatoms. The van der Waals surface area contributed by atoms with Gasteiger partial charge < -0.3 is 4.74 Å². The van der Waals surface area contributed by atoms with E-state index < -0.39 is 26.2 Å². The van der Waals surface area contributed by atoms with Gasteiger partial charge in [-0.2, -0.15) is 0 Å². The first-order chi connectivity index (χ1) is 10.9. The summed E-state index contributed by atoms with van der Waals surface area (Å²) in [5.41, 5.74) is 0.649. The highest BCUT2D eigenvalue weighted by Crippen LogP contribution is 2.45. The summed E-state index contributed by atoms with van der Waals surface area (Å²) in [6.07, 6.45) is 0.640. The molecule has 2 heterocycles. The van der Waals surface area contributed by atoms with Gasteiger partial charge in [0.05, 0.1) is 12.4 Å². The van der Waals surface area contributed by atoms with Crippen LogP contribution in [0.15, 0.2) is 18.2 Å². The average Bonchev–Trinajstić information content (AvgIpc) is 2.72. The monoisotopic (exact) mass is 345 g/mol. The second kappa shape index (κ2) is 6.11. The van der Waals surface area contributed by atoms with Gasteiger partial charge >= 0.3 is 0 Å². The second-order valence-electron chi connectivity index (χ2n) is 6.42. The fourth-order valence-electron chi connectivity index (χ4n) is 3.69. The van der Waals surface area contributed by atoms with Gasteiger partial charge in [-0.25, -0.2) is 17.2 Å². The van der Waals surface area contributed by atoms with E-state index in [1.807, 2.05) is 11.8 Å². The number of benzene rings is 1. The Morgan fingerprint density at radius 3 is 2.70 bits per heavy atom. The zero-order chi connectivity index (χ0) is 16.7. The molecular weight excluding hydrogens is 324 g/mol. The molecule has 1 aromatic rings. The summed E-state index contributed by atoms with van der Waals surface area (Å²) in [6, 6.07) is 3.80. The van der Waals surface area contributed by atoms with Gasteiger partial charge in [-0.1, -0.05) is 6.07 Å². The van der Waals surface area contributed by atoms with Crippen molar-refractivity contribution in [3.8, 4) is 0 Å². The van der Waals surface area contributed by atoms with Crippen molar-refractivity contribution in [1.29, 1.82) is 0 Å². The Balaban J connectivity index is 1.68. The molecule has 0 aliphatic carbocycles. The Hall–Kier alpha value is -1.05. The fraction of sp³-hybridized carbons (Fsp3) is 0.625. The van der Waals surface area contributed by atoms with Gasteiger partial charge in [0, 0.05) is 32.2 Å². The summed E-state index contributed by atoms with van der Waals surface area (Å²) < 4.78 is 55.8. The summed E-state index contributed by atoms with van der Waals surface area (Å²) in [5.74, 6) is -1.51. The standard InChI is InChI=1S/C16H21F2NO3S/c1-2-22-9-13-5-6-23(20,21)16(13)10-19(11-16)8-12-3-4-14(17)15(18)7-12/h3-4,7,13H,2,5-6,8-11H2,1H3/t13-/m0/s1. The minimum atomic E-state index is -3.13. The van der Waals surface area contributed by atoms with Crippen molar-refractivity contribution < 1.29 is 21.9 Å². The number of rotatable bonds is 5. The Kier molecular flexibility index (Phi) is 4.46. The molecule has 0 unspecified atom stereocenters. The first kappa shape index (κ1) is 16.8. The number of hydrogen-bond donors (Lipinski definition) is 0. The smallest absolute Gasteiger partial charge is 0.159 e. The third kappa shape index (κ3) is 2.90. The molecule has 0 saturated carbocycles. The van der Waals surface area contributed by atoms with Crippen LogP contribution in [0, 0.1) is 17.6 Å². The lowest BCUT2D eigenvalue weighted by Crippen LogP contribution is -2.67. The lowest BCUT2D eigenvalue weighted by molar-refractivity contribution is 0.0291. The number of nitrogens with zero attached hydrogens (tertiary/aromatic N) is 1. The average molecular weight is 345 g/mol. The molecule has 2 aliphatic rings. The van der Waals surface area contributed by atoms with Gasteiger partial charge in [-0.15, -0.1) is 0 Å². The number of likely N-dealkylation sites (tertiary alicyclic amines) is 1. The van der Waals surface area contributed by atoms with Crippen LogP contribution in [0.25, 0.3) is 0 Å². The van der Waals surface area contributed by atoms with E-state index in [4.69, 9.17) is 4.74 Å². The maximum Gasteiger partial charge on any atom is 0.159 e. The summed E-state index contributed by atoms with van der Waals surface area (Å²) in [6.45, 7) is 4.24. The summed E-state index contributed by atoms with van der Waals surface area (Å²) >= 11 is 0. The molecule has 0 N–H and O–H groups in total. The molecule has 0 radical (unpaired) electrons. The van der Waals surface area contributed by atoms with Gasteiger partial charge in [0.1, 0.15) is 4.75 Å². The van der Waals surface area contributed by atoms with Crippen molar-refractivity contribution >= 4 is 9.84 Å². The van der Waals surface area contributed by atoms with Crippen LogP contribution < -0.4 is 0 Å². The summed E-state index contributed by atoms with van der Waals surface area (Å²) in [5, 5.41) is 0. The normalized spacial score (nSPS) is 25.6. The molecule has 3 rings (SSSR count). The molecule has 2 fully saturated rings. The molecular formula is C16H21F2NO3S. The van der Waals surface area contributed by atoms with Gasteiger partial charge in [0.25, 0.3) is 0 Å². The van der Waals surface area contributed by atoms with Crippen molar-refractivity contribution in [2.75, 3.05) is 32.1 Å². The molecule has 0 aromatic heterocycles. The van der Waals surface area contributed by atoms with Crippen LogP contribution in [0.4, 0.5) is 8.78 Å². The summed E-state index contributed by atoms with van der Waals surface area (Å²) in [4.78, 5) is 1.97. The number of ether oxygens (including phenoxy) is 1. The van der Waals surface area contributed by atoms with Crippen LogP contribution in [-0.4, -0.2) is 50.1 Å². The van der Waals surface area contributed by atoms with E-state index in [-0.39, 0.29) is 11.7 Å². The van der Waals surface area contributed by atoms with E-state index in [0.29, 0.717) is 44.8 Å². The molecule has 4 nitrogen and oxygen atoms in total. The topological polar surface area (TPSA) is 46.6 Å². The highest BCUT2D eigenvalue weighted by atomic mass is 32.2. The maximum atomic E-state index is 13.3. The minimum absolute atomic E-state index is 0.0219. The number of hydrogen-bond acceptors (Lipinski definition) is 4. The molecule has 1 spiro atoms. The molecule has 128 valence electrons. The first-order valence-electron chi connectivity index (χ1n) is 7.84. The Morgan fingerprint density at radius 2 is 2.04 bits per heavy atom. The molecule has 2 aliphatic heterocycles. The fourth-order valence-corrected chi connectivity index (χ4v) is 6.14. The van der Waals surface area contributed by atoms with E-state index >= 15 is 0 Å². The largest absolute Gasteiger partial charge is 0.381 e. The predicted octanol–water partition coefficient (Wildman–Crippen LogP) is 1.99. The third-order valence-corrected chi connectivity index (χ3v) is 7.60. The van der Waals surface area contributed by atoms with E-state index in [9.17, 15) is 17.2 Å². The Labute approximate surface area is 135 Å². The third-order valence-electron chi connectivity index (χ3n) is 4.99. The summed E-state index contributed by atoms with van der Waals surface area (Å²) in [7, 11) is -3.13. The second-order valence-corrected chi connectivity index (χ2v) is 8.87. The van der Waals surface area contributed by atoms with Crippen molar-refractivity contribution in [3.05, 3.63) is 35.4 Å². The lowest BCUT2D eigenvalue weighted by Gasteiger charge is -2.50.